The van der Waals surface area contributed by atoms with E-state index in [1.165, 1.54) is 0 Å². The van der Waals surface area contributed by atoms with Gasteiger partial charge in [-0.3, -0.25) is 0 Å². The predicted octanol–water partition coefficient (Wildman–Crippen LogP) is 0.930. The van der Waals surface area contributed by atoms with E-state index in [2.05, 4.69) is 19.2 Å². The molecule has 0 aromatic rings. The van der Waals surface area contributed by atoms with Gasteiger partial charge in [0.15, 0.2) is 0 Å². The topological polar surface area (TPSA) is 71.0 Å². The summed E-state index contributed by atoms with van der Waals surface area (Å²) in [5, 5.41) is 22.8. The first kappa shape index (κ1) is 17.9. The Morgan fingerprint density at radius 1 is 1.25 bits per heavy atom. The number of hydrogen-bond acceptors (Lipinski definition) is 5. The minimum Gasteiger partial charge on any atom is -0.392 e. The molecule has 20 heavy (non-hydrogen) atoms. The number of rotatable bonds is 11. The number of ether oxygens (including phenoxy) is 2. The van der Waals surface area contributed by atoms with Crippen molar-refractivity contribution >= 4 is 0 Å². The molecule has 1 rings (SSSR count). The Balaban J connectivity index is 2.00. The molecule has 1 fully saturated rings. The Labute approximate surface area is 122 Å². The fraction of sp³-hybridized carbons (Fsp3) is 1.00. The van der Waals surface area contributed by atoms with Crippen LogP contribution in [0.1, 0.15) is 39.5 Å². The van der Waals surface area contributed by atoms with Gasteiger partial charge in [0, 0.05) is 19.7 Å². The summed E-state index contributed by atoms with van der Waals surface area (Å²) >= 11 is 0. The van der Waals surface area contributed by atoms with Crippen molar-refractivity contribution in [2.24, 2.45) is 5.92 Å². The Morgan fingerprint density at radius 3 is 2.60 bits per heavy atom. The SMILES string of the molecule is CCC(CC)C(O)CNCC(O)COCC1CCCO1. The molecule has 3 atom stereocenters. The molecule has 0 amide bonds. The van der Waals surface area contributed by atoms with Crippen LogP contribution >= 0.6 is 0 Å². The molecular formula is C15H31NO4. The van der Waals surface area contributed by atoms with Crippen LogP contribution in [0.15, 0.2) is 0 Å². The molecule has 1 aliphatic rings. The van der Waals surface area contributed by atoms with Crippen LogP contribution in [-0.4, -0.2) is 61.4 Å². The second kappa shape index (κ2) is 10.5. The van der Waals surface area contributed by atoms with Gasteiger partial charge in [0.05, 0.1) is 31.5 Å². The van der Waals surface area contributed by atoms with E-state index in [-0.39, 0.29) is 12.2 Å². The molecule has 0 saturated carbocycles. The molecule has 0 spiro atoms. The third-order valence-corrected chi connectivity index (χ3v) is 3.96. The molecule has 5 nitrogen and oxygen atoms in total. The van der Waals surface area contributed by atoms with Crippen molar-refractivity contribution < 1.29 is 19.7 Å². The summed E-state index contributed by atoms with van der Waals surface area (Å²) < 4.78 is 10.9. The first-order chi connectivity index (χ1) is 9.67. The van der Waals surface area contributed by atoms with E-state index in [9.17, 15) is 10.2 Å². The van der Waals surface area contributed by atoms with Gasteiger partial charge in [-0.15, -0.1) is 0 Å². The van der Waals surface area contributed by atoms with Gasteiger partial charge in [-0.25, -0.2) is 0 Å². The number of aliphatic hydroxyl groups is 2. The van der Waals surface area contributed by atoms with Crippen LogP contribution < -0.4 is 5.32 Å². The molecule has 5 heteroatoms. The summed E-state index contributed by atoms with van der Waals surface area (Å²) in [6, 6.07) is 0. The van der Waals surface area contributed by atoms with Crippen molar-refractivity contribution in [2.75, 3.05) is 32.9 Å². The normalized spacial score (nSPS) is 22.4. The number of hydrogen-bond donors (Lipinski definition) is 3. The molecule has 0 aromatic carbocycles. The first-order valence-corrected chi connectivity index (χ1v) is 7.93. The third kappa shape index (κ3) is 6.99. The summed E-state index contributed by atoms with van der Waals surface area (Å²) in [6.45, 7) is 6.85. The smallest absolute Gasteiger partial charge is 0.0897 e. The van der Waals surface area contributed by atoms with Gasteiger partial charge in [0.25, 0.3) is 0 Å². The minimum atomic E-state index is -0.537. The molecule has 0 aliphatic carbocycles. The Kier molecular flexibility index (Phi) is 9.39. The average Bonchev–Trinajstić information content (AvgIpc) is 2.93. The molecule has 3 unspecified atom stereocenters. The van der Waals surface area contributed by atoms with Crippen LogP contribution in [0.2, 0.25) is 0 Å². The third-order valence-electron chi connectivity index (χ3n) is 3.96. The zero-order valence-electron chi connectivity index (χ0n) is 12.9. The Morgan fingerprint density at radius 2 is 2.00 bits per heavy atom. The standard InChI is InChI=1S/C15H31NO4/c1-3-12(4-2)15(18)9-16-8-13(17)10-19-11-14-6-5-7-20-14/h12-18H,3-11H2,1-2H3. The van der Waals surface area contributed by atoms with Crippen molar-refractivity contribution in [1.82, 2.24) is 5.32 Å². The van der Waals surface area contributed by atoms with E-state index in [0.717, 1.165) is 32.3 Å². The van der Waals surface area contributed by atoms with Crippen LogP contribution in [0.3, 0.4) is 0 Å². The molecular weight excluding hydrogens is 258 g/mol. The fourth-order valence-corrected chi connectivity index (χ4v) is 2.57. The number of nitrogens with one attached hydrogen (secondary N) is 1. The maximum Gasteiger partial charge on any atom is 0.0897 e. The largest absolute Gasteiger partial charge is 0.392 e. The lowest BCUT2D eigenvalue weighted by Crippen LogP contribution is -2.38. The van der Waals surface area contributed by atoms with E-state index >= 15 is 0 Å². The van der Waals surface area contributed by atoms with Crippen molar-refractivity contribution in [2.45, 2.75) is 57.8 Å². The lowest BCUT2D eigenvalue weighted by atomic mass is 9.96. The minimum absolute atomic E-state index is 0.201. The Bertz CT molecular complexity index is 230. The van der Waals surface area contributed by atoms with E-state index in [1.807, 2.05) is 0 Å². The van der Waals surface area contributed by atoms with Crippen molar-refractivity contribution in [3.63, 3.8) is 0 Å². The second-order valence-corrected chi connectivity index (χ2v) is 5.63. The van der Waals surface area contributed by atoms with Crippen LogP contribution in [0.4, 0.5) is 0 Å². The lowest BCUT2D eigenvalue weighted by Gasteiger charge is -2.21. The van der Waals surface area contributed by atoms with Gasteiger partial charge in [0.1, 0.15) is 0 Å². The zero-order chi connectivity index (χ0) is 14.8. The fourth-order valence-electron chi connectivity index (χ4n) is 2.57. The summed E-state index contributed by atoms with van der Waals surface area (Å²) in [7, 11) is 0. The predicted molar refractivity (Wildman–Crippen MR) is 78.7 cm³/mol. The monoisotopic (exact) mass is 289 g/mol. The highest BCUT2D eigenvalue weighted by molar-refractivity contribution is 4.70. The van der Waals surface area contributed by atoms with Crippen LogP contribution in [0.5, 0.6) is 0 Å². The Hall–Kier alpha value is -0.200. The average molecular weight is 289 g/mol. The van der Waals surface area contributed by atoms with Crippen molar-refractivity contribution in [3.8, 4) is 0 Å². The molecule has 1 aliphatic heterocycles. The van der Waals surface area contributed by atoms with Gasteiger partial charge in [-0.1, -0.05) is 26.7 Å². The summed E-state index contributed by atoms with van der Waals surface area (Å²) in [4.78, 5) is 0. The first-order valence-electron chi connectivity index (χ1n) is 7.93. The summed E-state index contributed by atoms with van der Waals surface area (Å²) in [5.41, 5.74) is 0. The quantitative estimate of drug-likeness (QED) is 0.528. The summed E-state index contributed by atoms with van der Waals surface area (Å²) in [6.07, 6.45) is 3.43. The van der Waals surface area contributed by atoms with Crippen molar-refractivity contribution in [1.29, 1.82) is 0 Å². The van der Waals surface area contributed by atoms with Gasteiger partial charge in [-0.05, 0) is 18.8 Å². The van der Waals surface area contributed by atoms with Crippen LogP contribution in [0.25, 0.3) is 0 Å². The van der Waals surface area contributed by atoms with Crippen LogP contribution in [-0.2, 0) is 9.47 Å². The molecule has 1 saturated heterocycles. The highest BCUT2D eigenvalue weighted by atomic mass is 16.5. The number of aliphatic hydroxyl groups excluding tert-OH is 2. The second-order valence-electron chi connectivity index (χ2n) is 5.63. The van der Waals surface area contributed by atoms with Gasteiger partial charge >= 0.3 is 0 Å². The maximum absolute atomic E-state index is 9.95. The van der Waals surface area contributed by atoms with Gasteiger partial charge < -0.3 is 25.0 Å². The zero-order valence-corrected chi connectivity index (χ0v) is 12.9. The molecule has 0 aromatic heterocycles. The van der Waals surface area contributed by atoms with Gasteiger partial charge in [0.2, 0.25) is 0 Å². The highest BCUT2D eigenvalue weighted by Crippen LogP contribution is 2.12. The highest BCUT2D eigenvalue weighted by Gasteiger charge is 2.17. The van der Waals surface area contributed by atoms with Crippen molar-refractivity contribution in [3.05, 3.63) is 0 Å². The lowest BCUT2D eigenvalue weighted by molar-refractivity contribution is -0.0172. The molecule has 0 bridgehead atoms. The van der Waals surface area contributed by atoms with E-state index in [4.69, 9.17) is 9.47 Å². The van der Waals surface area contributed by atoms with Crippen LogP contribution in [0, 0.1) is 5.92 Å². The molecule has 1 heterocycles. The molecule has 0 radical (unpaired) electrons. The maximum atomic E-state index is 9.95. The van der Waals surface area contributed by atoms with E-state index in [0.29, 0.717) is 32.2 Å². The van der Waals surface area contributed by atoms with E-state index < -0.39 is 6.10 Å². The molecule has 120 valence electrons. The van der Waals surface area contributed by atoms with E-state index in [1.54, 1.807) is 0 Å². The molecule has 3 N–H and O–H groups in total. The van der Waals surface area contributed by atoms with Gasteiger partial charge in [-0.2, -0.15) is 0 Å². The summed E-state index contributed by atoms with van der Waals surface area (Å²) in [5.74, 6) is 0.329.